The molecule has 1 fully saturated rings. The van der Waals surface area contributed by atoms with Gasteiger partial charge in [0.15, 0.2) is 0 Å². The maximum Gasteiger partial charge on any atom is 0.0954 e. The van der Waals surface area contributed by atoms with Crippen LogP contribution < -0.4 is 4.90 Å². The number of nitrogens with zero attached hydrogens (tertiary/aromatic N) is 3. The van der Waals surface area contributed by atoms with E-state index in [1.165, 1.54) is 16.4 Å². The van der Waals surface area contributed by atoms with Gasteiger partial charge in [0, 0.05) is 49.7 Å². The molecule has 3 nitrogen and oxygen atoms in total. The quantitative estimate of drug-likeness (QED) is 0.860. The molecule has 0 N–H and O–H groups in total. The van der Waals surface area contributed by atoms with Gasteiger partial charge in [-0.15, -0.1) is 11.3 Å². The molecule has 1 aliphatic heterocycles. The van der Waals surface area contributed by atoms with Crippen molar-refractivity contribution in [3.8, 4) is 0 Å². The van der Waals surface area contributed by atoms with Crippen molar-refractivity contribution in [2.45, 2.75) is 26.3 Å². The van der Waals surface area contributed by atoms with Gasteiger partial charge in [-0.3, -0.25) is 4.90 Å². The van der Waals surface area contributed by atoms with Crippen LogP contribution in [0.1, 0.15) is 30.5 Å². The minimum absolute atomic E-state index is 0.540. The van der Waals surface area contributed by atoms with E-state index < -0.39 is 0 Å². The van der Waals surface area contributed by atoms with Crippen molar-refractivity contribution in [3.63, 3.8) is 0 Å². The predicted octanol–water partition coefficient (Wildman–Crippen LogP) is 3.59. The van der Waals surface area contributed by atoms with Crippen LogP contribution >= 0.6 is 11.3 Å². The van der Waals surface area contributed by atoms with Crippen LogP contribution in [-0.4, -0.2) is 36.1 Å². The number of benzene rings is 1. The molecule has 0 spiro atoms. The Labute approximate surface area is 131 Å². The molecule has 1 aliphatic rings. The first-order chi connectivity index (χ1) is 10.2. The summed E-state index contributed by atoms with van der Waals surface area (Å²) in [6.07, 6.45) is 0. The summed E-state index contributed by atoms with van der Waals surface area (Å²) in [5, 5.41) is 3.48. The Morgan fingerprint density at radius 3 is 2.43 bits per heavy atom. The highest BCUT2D eigenvalue weighted by Crippen LogP contribution is 2.21. The number of aromatic nitrogens is 1. The predicted molar refractivity (Wildman–Crippen MR) is 90.1 cm³/mol. The van der Waals surface area contributed by atoms with Crippen molar-refractivity contribution >= 4 is 17.0 Å². The summed E-state index contributed by atoms with van der Waals surface area (Å²) in [6.45, 7) is 9.84. The smallest absolute Gasteiger partial charge is 0.0954 e. The van der Waals surface area contributed by atoms with Crippen LogP contribution in [0.2, 0.25) is 0 Å². The normalized spacial score (nSPS) is 16.6. The molecule has 2 heterocycles. The van der Waals surface area contributed by atoms with E-state index in [-0.39, 0.29) is 0 Å². The van der Waals surface area contributed by atoms with E-state index in [9.17, 15) is 0 Å². The van der Waals surface area contributed by atoms with Gasteiger partial charge in [-0.05, 0) is 12.1 Å². The van der Waals surface area contributed by atoms with Crippen molar-refractivity contribution in [3.05, 3.63) is 46.4 Å². The van der Waals surface area contributed by atoms with Crippen molar-refractivity contribution in [2.24, 2.45) is 0 Å². The molecular weight excluding hydrogens is 278 g/mol. The second kappa shape index (κ2) is 6.58. The molecule has 3 rings (SSSR count). The number of thiazole rings is 1. The SMILES string of the molecule is CC(C)c1nc(CN2CCN(c3ccccc3)CC2)cs1. The minimum Gasteiger partial charge on any atom is -0.369 e. The molecule has 0 unspecified atom stereocenters. The molecule has 0 saturated carbocycles. The molecule has 21 heavy (non-hydrogen) atoms. The second-order valence-electron chi connectivity index (χ2n) is 5.93. The number of rotatable bonds is 4. The molecular formula is C17H23N3S. The first-order valence-corrected chi connectivity index (χ1v) is 8.57. The van der Waals surface area contributed by atoms with Gasteiger partial charge in [0.1, 0.15) is 0 Å². The van der Waals surface area contributed by atoms with Gasteiger partial charge < -0.3 is 4.90 Å². The summed E-state index contributed by atoms with van der Waals surface area (Å²) < 4.78 is 0. The number of hydrogen-bond donors (Lipinski definition) is 0. The van der Waals surface area contributed by atoms with E-state index in [0.29, 0.717) is 5.92 Å². The van der Waals surface area contributed by atoms with Gasteiger partial charge in [-0.25, -0.2) is 4.98 Å². The summed E-state index contributed by atoms with van der Waals surface area (Å²) in [5.74, 6) is 0.540. The number of hydrogen-bond acceptors (Lipinski definition) is 4. The Hall–Kier alpha value is -1.39. The monoisotopic (exact) mass is 301 g/mol. The van der Waals surface area contributed by atoms with E-state index in [2.05, 4.69) is 59.4 Å². The first-order valence-electron chi connectivity index (χ1n) is 7.69. The summed E-state index contributed by atoms with van der Waals surface area (Å²) in [7, 11) is 0. The summed E-state index contributed by atoms with van der Waals surface area (Å²) in [6, 6.07) is 10.7. The molecule has 112 valence electrons. The summed E-state index contributed by atoms with van der Waals surface area (Å²) in [4.78, 5) is 9.73. The third kappa shape index (κ3) is 3.63. The molecule has 2 aromatic rings. The van der Waals surface area contributed by atoms with Crippen LogP contribution in [0.3, 0.4) is 0 Å². The Bertz CT molecular complexity index is 556. The van der Waals surface area contributed by atoms with Crippen molar-refractivity contribution < 1.29 is 0 Å². The maximum atomic E-state index is 4.74. The minimum atomic E-state index is 0.540. The zero-order valence-corrected chi connectivity index (χ0v) is 13.6. The highest BCUT2D eigenvalue weighted by atomic mass is 32.1. The summed E-state index contributed by atoms with van der Waals surface area (Å²) in [5.41, 5.74) is 2.57. The Balaban J connectivity index is 1.54. The molecule has 0 atom stereocenters. The van der Waals surface area contributed by atoms with Crippen LogP contribution in [0.25, 0.3) is 0 Å². The Kier molecular flexibility index (Phi) is 4.56. The molecule has 0 aliphatic carbocycles. The Morgan fingerprint density at radius 2 is 1.81 bits per heavy atom. The van der Waals surface area contributed by atoms with Crippen LogP contribution in [0, 0.1) is 0 Å². The van der Waals surface area contributed by atoms with Gasteiger partial charge in [-0.2, -0.15) is 0 Å². The molecule has 0 radical (unpaired) electrons. The van der Waals surface area contributed by atoms with Gasteiger partial charge in [0.25, 0.3) is 0 Å². The molecule has 4 heteroatoms. The highest BCUT2D eigenvalue weighted by molar-refractivity contribution is 7.09. The largest absolute Gasteiger partial charge is 0.369 e. The van der Waals surface area contributed by atoms with Crippen LogP contribution in [0.4, 0.5) is 5.69 Å². The van der Waals surface area contributed by atoms with Crippen LogP contribution in [0.15, 0.2) is 35.7 Å². The third-order valence-electron chi connectivity index (χ3n) is 3.94. The van der Waals surface area contributed by atoms with Gasteiger partial charge in [0.05, 0.1) is 10.7 Å². The topological polar surface area (TPSA) is 19.4 Å². The molecule has 1 saturated heterocycles. The molecule has 1 aromatic carbocycles. The third-order valence-corrected chi connectivity index (χ3v) is 5.14. The lowest BCUT2D eigenvalue weighted by Gasteiger charge is -2.35. The maximum absolute atomic E-state index is 4.74. The van der Waals surface area contributed by atoms with E-state index in [0.717, 1.165) is 32.7 Å². The van der Waals surface area contributed by atoms with Gasteiger partial charge in [-0.1, -0.05) is 32.0 Å². The van der Waals surface area contributed by atoms with E-state index in [4.69, 9.17) is 4.98 Å². The summed E-state index contributed by atoms with van der Waals surface area (Å²) >= 11 is 1.80. The van der Waals surface area contributed by atoms with Crippen LogP contribution in [0.5, 0.6) is 0 Å². The van der Waals surface area contributed by atoms with Crippen molar-refractivity contribution in [1.29, 1.82) is 0 Å². The van der Waals surface area contributed by atoms with E-state index >= 15 is 0 Å². The molecule has 1 aromatic heterocycles. The fourth-order valence-electron chi connectivity index (χ4n) is 2.69. The lowest BCUT2D eigenvalue weighted by atomic mass is 10.2. The zero-order chi connectivity index (χ0) is 14.7. The van der Waals surface area contributed by atoms with Crippen molar-refractivity contribution in [2.75, 3.05) is 31.1 Å². The molecule has 0 bridgehead atoms. The average Bonchev–Trinajstić information content (AvgIpc) is 2.98. The fourth-order valence-corrected chi connectivity index (χ4v) is 3.52. The average molecular weight is 301 g/mol. The zero-order valence-electron chi connectivity index (χ0n) is 12.8. The van der Waals surface area contributed by atoms with E-state index in [1.807, 2.05) is 0 Å². The molecule has 0 amide bonds. The fraction of sp³-hybridized carbons (Fsp3) is 0.471. The second-order valence-corrected chi connectivity index (χ2v) is 6.82. The highest BCUT2D eigenvalue weighted by Gasteiger charge is 2.18. The van der Waals surface area contributed by atoms with Crippen LogP contribution in [-0.2, 0) is 6.54 Å². The van der Waals surface area contributed by atoms with Gasteiger partial charge >= 0.3 is 0 Å². The first kappa shape index (κ1) is 14.5. The standard InChI is InChI=1S/C17H23N3S/c1-14(2)17-18-15(13-21-17)12-19-8-10-20(11-9-19)16-6-4-3-5-7-16/h3-7,13-14H,8-12H2,1-2H3. The lowest BCUT2D eigenvalue weighted by Crippen LogP contribution is -2.46. The number of piperazine rings is 1. The Morgan fingerprint density at radius 1 is 1.10 bits per heavy atom. The number of anilines is 1. The van der Waals surface area contributed by atoms with E-state index in [1.54, 1.807) is 11.3 Å². The van der Waals surface area contributed by atoms with Gasteiger partial charge in [0.2, 0.25) is 0 Å². The lowest BCUT2D eigenvalue weighted by molar-refractivity contribution is 0.247. The number of para-hydroxylation sites is 1. The van der Waals surface area contributed by atoms with Crippen molar-refractivity contribution in [1.82, 2.24) is 9.88 Å².